The summed E-state index contributed by atoms with van der Waals surface area (Å²) in [5, 5.41) is 12.1. The Hall–Kier alpha value is -0.570. The molecule has 2 N–H and O–H groups in total. The standard InChI is InChI=1S/C15H29NO2/c1-5-13(10-17)16-14(18)11-6-8-12(9-7-11)15(2,3)4/h11-13,17H,5-10H2,1-4H3,(H,16,18)/t11?,12?,13-/m0/s1. The van der Waals surface area contributed by atoms with Crippen LogP contribution in [-0.4, -0.2) is 23.7 Å². The second-order valence-electron chi connectivity index (χ2n) is 6.71. The Morgan fingerprint density at radius 2 is 1.83 bits per heavy atom. The molecule has 1 atom stereocenters. The van der Waals surface area contributed by atoms with E-state index in [1.54, 1.807) is 0 Å². The minimum atomic E-state index is -0.0714. The molecule has 106 valence electrons. The average molecular weight is 255 g/mol. The highest BCUT2D eigenvalue weighted by atomic mass is 16.3. The first kappa shape index (κ1) is 15.5. The van der Waals surface area contributed by atoms with E-state index in [9.17, 15) is 4.79 Å². The molecule has 1 aliphatic carbocycles. The molecule has 0 aromatic rings. The van der Waals surface area contributed by atoms with Crippen LogP contribution in [0.5, 0.6) is 0 Å². The number of hydrogen-bond acceptors (Lipinski definition) is 2. The van der Waals surface area contributed by atoms with Gasteiger partial charge < -0.3 is 10.4 Å². The van der Waals surface area contributed by atoms with E-state index in [2.05, 4.69) is 26.1 Å². The van der Waals surface area contributed by atoms with Crippen molar-refractivity contribution in [1.29, 1.82) is 0 Å². The molecule has 3 heteroatoms. The van der Waals surface area contributed by atoms with Crippen LogP contribution >= 0.6 is 0 Å². The lowest BCUT2D eigenvalue weighted by Gasteiger charge is -2.36. The molecule has 18 heavy (non-hydrogen) atoms. The van der Waals surface area contributed by atoms with Crippen LogP contribution in [0.2, 0.25) is 0 Å². The second kappa shape index (κ2) is 6.55. The normalized spacial score (nSPS) is 26.7. The van der Waals surface area contributed by atoms with Crippen LogP contribution < -0.4 is 5.32 Å². The summed E-state index contributed by atoms with van der Waals surface area (Å²) in [6, 6.07) is -0.0714. The molecule has 0 aromatic carbocycles. The third-order valence-electron chi connectivity index (χ3n) is 4.38. The van der Waals surface area contributed by atoms with Gasteiger partial charge in [0.25, 0.3) is 0 Å². The van der Waals surface area contributed by atoms with E-state index in [1.807, 2.05) is 6.92 Å². The molecule has 3 nitrogen and oxygen atoms in total. The number of nitrogens with one attached hydrogen (secondary N) is 1. The predicted molar refractivity (Wildman–Crippen MR) is 74.2 cm³/mol. The van der Waals surface area contributed by atoms with Gasteiger partial charge in [-0.15, -0.1) is 0 Å². The molecule has 0 heterocycles. The van der Waals surface area contributed by atoms with E-state index in [4.69, 9.17) is 5.11 Å². The lowest BCUT2D eigenvalue weighted by molar-refractivity contribution is -0.127. The summed E-state index contributed by atoms with van der Waals surface area (Å²) in [6.07, 6.45) is 5.08. The fourth-order valence-electron chi connectivity index (χ4n) is 2.82. The highest BCUT2D eigenvalue weighted by molar-refractivity contribution is 5.79. The van der Waals surface area contributed by atoms with E-state index < -0.39 is 0 Å². The SMILES string of the molecule is CC[C@@H](CO)NC(=O)C1CCC(C(C)(C)C)CC1. The van der Waals surface area contributed by atoms with Gasteiger partial charge in [-0.05, 0) is 43.4 Å². The highest BCUT2D eigenvalue weighted by Gasteiger charge is 2.32. The summed E-state index contributed by atoms with van der Waals surface area (Å²) in [5.41, 5.74) is 0.360. The summed E-state index contributed by atoms with van der Waals surface area (Å²) < 4.78 is 0. The van der Waals surface area contributed by atoms with Gasteiger partial charge >= 0.3 is 0 Å². The number of hydrogen-bond donors (Lipinski definition) is 2. The van der Waals surface area contributed by atoms with Gasteiger partial charge in [0.05, 0.1) is 12.6 Å². The van der Waals surface area contributed by atoms with Crippen molar-refractivity contribution in [2.24, 2.45) is 17.3 Å². The van der Waals surface area contributed by atoms with Crippen molar-refractivity contribution in [2.45, 2.75) is 65.8 Å². The molecular weight excluding hydrogens is 226 g/mol. The lowest BCUT2D eigenvalue weighted by Crippen LogP contribution is -2.42. The first-order valence-electron chi connectivity index (χ1n) is 7.29. The predicted octanol–water partition coefficient (Wildman–Crippen LogP) is 2.73. The van der Waals surface area contributed by atoms with Crippen LogP contribution in [0.1, 0.15) is 59.8 Å². The summed E-state index contributed by atoms with van der Waals surface area (Å²) in [5.74, 6) is 1.04. The molecule has 1 fully saturated rings. The minimum absolute atomic E-state index is 0.0412. The molecule has 1 saturated carbocycles. The number of rotatable bonds is 4. The highest BCUT2D eigenvalue weighted by Crippen LogP contribution is 2.39. The molecule has 1 rings (SSSR count). The van der Waals surface area contributed by atoms with Crippen LogP contribution in [0.25, 0.3) is 0 Å². The van der Waals surface area contributed by atoms with Gasteiger partial charge in [0.1, 0.15) is 0 Å². The van der Waals surface area contributed by atoms with Crippen LogP contribution in [-0.2, 0) is 4.79 Å². The quantitative estimate of drug-likeness (QED) is 0.811. The lowest BCUT2D eigenvalue weighted by atomic mass is 9.69. The summed E-state index contributed by atoms with van der Waals surface area (Å²) in [6.45, 7) is 8.89. The van der Waals surface area contributed by atoms with Crippen LogP contribution in [0.3, 0.4) is 0 Å². The average Bonchev–Trinajstić information content (AvgIpc) is 2.34. The molecule has 0 aliphatic heterocycles. The summed E-state index contributed by atoms with van der Waals surface area (Å²) in [7, 11) is 0. The zero-order chi connectivity index (χ0) is 13.8. The number of aliphatic hydroxyl groups is 1. The van der Waals surface area contributed by atoms with E-state index >= 15 is 0 Å². The number of aliphatic hydroxyl groups excluding tert-OH is 1. The van der Waals surface area contributed by atoms with Crippen molar-refractivity contribution in [2.75, 3.05) is 6.61 Å². The van der Waals surface area contributed by atoms with Gasteiger partial charge in [-0.3, -0.25) is 4.79 Å². The fourth-order valence-corrected chi connectivity index (χ4v) is 2.82. The molecule has 1 aliphatic rings. The number of carbonyl (C=O) groups excluding carboxylic acids is 1. The first-order chi connectivity index (χ1) is 8.38. The van der Waals surface area contributed by atoms with Gasteiger partial charge in [-0.25, -0.2) is 0 Å². The molecular formula is C15H29NO2. The summed E-state index contributed by atoms with van der Waals surface area (Å²) >= 11 is 0. The first-order valence-corrected chi connectivity index (χ1v) is 7.29. The van der Waals surface area contributed by atoms with E-state index in [-0.39, 0.29) is 24.5 Å². The van der Waals surface area contributed by atoms with Crippen molar-refractivity contribution in [3.05, 3.63) is 0 Å². The van der Waals surface area contributed by atoms with Crippen molar-refractivity contribution < 1.29 is 9.90 Å². The largest absolute Gasteiger partial charge is 0.394 e. The minimum Gasteiger partial charge on any atom is -0.394 e. The molecule has 0 bridgehead atoms. The van der Waals surface area contributed by atoms with Crippen molar-refractivity contribution in [1.82, 2.24) is 5.32 Å². The zero-order valence-electron chi connectivity index (χ0n) is 12.3. The topological polar surface area (TPSA) is 49.3 Å². The second-order valence-corrected chi connectivity index (χ2v) is 6.71. The van der Waals surface area contributed by atoms with Crippen molar-refractivity contribution in [3.8, 4) is 0 Å². The van der Waals surface area contributed by atoms with Crippen molar-refractivity contribution >= 4 is 5.91 Å². The molecule has 0 saturated heterocycles. The third kappa shape index (κ3) is 4.27. The Morgan fingerprint density at radius 3 is 2.22 bits per heavy atom. The smallest absolute Gasteiger partial charge is 0.223 e. The maximum absolute atomic E-state index is 12.1. The van der Waals surface area contributed by atoms with E-state index in [0.29, 0.717) is 5.41 Å². The maximum Gasteiger partial charge on any atom is 0.223 e. The van der Waals surface area contributed by atoms with Gasteiger partial charge in [-0.2, -0.15) is 0 Å². The van der Waals surface area contributed by atoms with Gasteiger partial charge in [0.15, 0.2) is 0 Å². The molecule has 0 spiro atoms. The van der Waals surface area contributed by atoms with Gasteiger partial charge in [-0.1, -0.05) is 27.7 Å². The summed E-state index contributed by atoms with van der Waals surface area (Å²) in [4.78, 5) is 12.1. The Balaban J connectivity index is 2.41. The Labute approximate surface area is 111 Å². The molecule has 0 unspecified atom stereocenters. The van der Waals surface area contributed by atoms with Crippen LogP contribution in [0.15, 0.2) is 0 Å². The number of carbonyl (C=O) groups is 1. The molecule has 1 amide bonds. The fraction of sp³-hybridized carbons (Fsp3) is 0.933. The van der Waals surface area contributed by atoms with Crippen LogP contribution in [0, 0.1) is 17.3 Å². The number of amides is 1. The Morgan fingerprint density at radius 1 is 1.28 bits per heavy atom. The van der Waals surface area contributed by atoms with Gasteiger partial charge in [0.2, 0.25) is 5.91 Å². The Bertz CT molecular complexity index is 258. The monoisotopic (exact) mass is 255 g/mol. The molecule has 0 radical (unpaired) electrons. The zero-order valence-corrected chi connectivity index (χ0v) is 12.3. The Kier molecular flexibility index (Phi) is 5.64. The third-order valence-corrected chi connectivity index (χ3v) is 4.38. The van der Waals surface area contributed by atoms with Crippen molar-refractivity contribution in [3.63, 3.8) is 0 Å². The van der Waals surface area contributed by atoms with E-state index in [1.165, 1.54) is 0 Å². The van der Waals surface area contributed by atoms with E-state index in [0.717, 1.165) is 38.0 Å². The maximum atomic E-state index is 12.1. The van der Waals surface area contributed by atoms with Crippen LogP contribution in [0.4, 0.5) is 0 Å². The molecule has 0 aromatic heterocycles. The van der Waals surface area contributed by atoms with Gasteiger partial charge in [0, 0.05) is 5.92 Å².